The van der Waals surface area contributed by atoms with Gasteiger partial charge in [0.25, 0.3) is 0 Å². The molecule has 0 aliphatic carbocycles. The summed E-state index contributed by atoms with van der Waals surface area (Å²) in [6, 6.07) is 14.3. The fraction of sp³-hybridized carbons (Fsp3) is 0.500. The molecule has 0 saturated carbocycles. The number of rotatable bonds is 7. The molecule has 2 aromatic carbocycles. The highest BCUT2D eigenvalue weighted by atomic mass is 16.6. The third kappa shape index (κ3) is 5.36. The van der Waals surface area contributed by atoms with E-state index in [9.17, 15) is 4.79 Å². The Balaban J connectivity index is 1.41. The highest BCUT2D eigenvalue weighted by Gasteiger charge is 2.29. The lowest BCUT2D eigenvalue weighted by molar-refractivity contribution is -0.120. The fourth-order valence-corrected chi connectivity index (χ4v) is 4.53. The summed E-state index contributed by atoms with van der Waals surface area (Å²) >= 11 is 0. The van der Waals surface area contributed by atoms with Crippen LogP contribution in [0.3, 0.4) is 0 Å². The first-order valence-electron chi connectivity index (χ1n) is 11.6. The monoisotopic (exact) mass is 438 g/mol. The Kier molecular flexibility index (Phi) is 7.20. The number of carbonyl (C=O) groups excluding carboxylic acids is 1. The Morgan fingerprint density at radius 3 is 2.41 bits per heavy atom. The maximum absolute atomic E-state index is 13.2. The Morgan fingerprint density at radius 1 is 1.06 bits per heavy atom. The van der Waals surface area contributed by atoms with Crippen LogP contribution in [0.2, 0.25) is 0 Å². The molecule has 1 fully saturated rings. The van der Waals surface area contributed by atoms with Crippen LogP contribution < -0.4 is 19.1 Å². The number of anilines is 1. The van der Waals surface area contributed by atoms with Crippen molar-refractivity contribution in [2.45, 2.75) is 45.7 Å². The molecule has 4 rings (SSSR count). The third-order valence-electron chi connectivity index (χ3n) is 6.14. The minimum atomic E-state index is 0.204. The molecule has 2 aromatic rings. The van der Waals surface area contributed by atoms with Crippen molar-refractivity contribution >= 4 is 11.6 Å². The molecular formula is C26H34N2O4. The average molecular weight is 439 g/mol. The van der Waals surface area contributed by atoms with Crippen molar-refractivity contribution in [3.8, 4) is 17.2 Å². The second-order valence-corrected chi connectivity index (χ2v) is 9.05. The maximum atomic E-state index is 13.2. The normalized spacial score (nSPS) is 16.8. The largest absolute Gasteiger partial charge is 0.497 e. The summed E-state index contributed by atoms with van der Waals surface area (Å²) in [5.74, 6) is 3.01. The topological polar surface area (TPSA) is 51.2 Å². The molecule has 6 nitrogen and oxygen atoms in total. The molecule has 0 radical (unpaired) electrons. The van der Waals surface area contributed by atoms with Gasteiger partial charge in [0.1, 0.15) is 19.0 Å². The Hall–Kier alpha value is -2.73. The predicted octanol–water partition coefficient (Wildman–Crippen LogP) is 4.51. The van der Waals surface area contributed by atoms with E-state index in [-0.39, 0.29) is 11.9 Å². The molecule has 2 heterocycles. The Bertz CT molecular complexity index is 905. The highest BCUT2D eigenvalue weighted by Crippen LogP contribution is 2.32. The van der Waals surface area contributed by atoms with Gasteiger partial charge in [-0.25, -0.2) is 0 Å². The molecule has 0 unspecified atom stereocenters. The summed E-state index contributed by atoms with van der Waals surface area (Å²) in [4.78, 5) is 17.7. The number of benzene rings is 2. The first-order valence-corrected chi connectivity index (χ1v) is 11.6. The van der Waals surface area contributed by atoms with Crippen molar-refractivity contribution in [2.75, 3.05) is 38.3 Å². The minimum Gasteiger partial charge on any atom is -0.497 e. The van der Waals surface area contributed by atoms with Crippen LogP contribution in [-0.4, -0.2) is 50.3 Å². The van der Waals surface area contributed by atoms with Crippen molar-refractivity contribution < 1.29 is 19.0 Å². The van der Waals surface area contributed by atoms with Gasteiger partial charge < -0.3 is 19.1 Å². The van der Waals surface area contributed by atoms with E-state index in [0.717, 1.165) is 55.4 Å². The quantitative estimate of drug-likeness (QED) is 0.637. The van der Waals surface area contributed by atoms with Crippen molar-refractivity contribution in [1.82, 2.24) is 4.90 Å². The number of ether oxygens (including phenoxy) is 3. The van der Waals surface area contributed by atoms with E-state index in [1.54, 1.807) is 7.11 Å². The second-order valence-electron chi connectivity index (χ2n) is 9.05. The van der Waals surface area contributed by atoms with E-state index < -0.39 is 0 Å². The first kappa shape index (κ1) is 22.5. The van der Waals surface area contributed by atoms with Crippen LogP contribution in [0, 0.1) is 5.92 Å². The number of hydrogen-bond donors (Lipinski definition) is 0. The number of methoxy groups -OCH3 is 1. The molecule has 0 bridgehead atoms. The number of nitrogens with zero attached hydrogens (tertiary/aromatic N) is 2. The number of fused-ring (bicyclic) bond motifs is 1. The number of hydrogen-bond acceptors (Lipinski definition) is 5. The van der Waals surface area contributed by atoms with Crippen molar-refractivity contribution in [3.63, 3.8) is 0 Å². The lowest BCUT2D eigenvalue weighted by Crippen LogP contribution is -2.47. The Labute approximate surface area is 191 Å². The van der Waals surface area contributed by atoms with Crippen LogP contribution in [0.5, 0.6) is 17.2 Å². The van der Waals surface area contributed by atoms with Gasteiger partial charge in [-0.05, 0) is 60.7 Å². The van der Waals surface area contributed by atoms with Gasteiger partial charge in [0, 0.05) is 37.8 Å². The zero-order valence-corrected chi connectivity index (χ0v) is 19.4. The molecule has 2 aliphatic rings. The third-order valence-corrected chi connectivity index (χ3v) is 6.14. The van der Waals surface area contributed by atoms with Crippen molar-refractivity contribution in [3.05, 3.63) is 48.0 Å². The smallest absolute Gasteiger partial charge is 0.227 e. The summed E-state index contributed by atoms with van der Waals surface area (Å²) in [5.41, 5.74) is 2.19. The SMILES string of the molecule is COc1ccc(N(C(=O)CC(C)C)C2CCN(Cc3ccc4c(c3)OCCO4)CC2)cc1. The van der Waals surface area contributed by atoms with Crippen LogP contribution in [0.15, 0.2) is 42.5 Å². The van der Waals surface area contributed by atoms with Crippen LogP contribution in [-0.2, 0) is 11.3 Å². The van der Waals surface area contributed by atoms with E-state index in [4.69, 9.17) is 14.2 Å². The van der Waals surface area contributed by atoms with Gasteiger partial charge in [-0.1, -0.05) is 19.9 Å². The zero-order valence-electron chi connectivity index (χ0n) is 19.4. The molecule has 2 aliphatic heterocycles. The summed E-state index contributed by atoms with van der Waals surface area (Å²) in [6.07, 6.45) is 2.48. The van der Waals surface area contributed by atoms with Crippen LogP contribution >= 0.6 is 0 Å². The van der Waals surface area contributed by atoms with Crippen molar-refractivity contribution in [1.29, 1.82) is 0 Å². The number of carbonyl (C=O) groups is 1. The molecular weight excluding hydrogens is 404 g/mol. The summed E-state index contributed by atoms with van der Waals surface area (Å²) in [6.45, 7) is 8.21. The lowest BCUT2D eigenvalue weighted by Gasteiger charge is -2.39. The predicted molar refractivity (Wildman–Crippen MR) is 126 cm³/mol. The van der Waals surface area contributed by atoms with Gasteiger partial charge in [0.15, 0.2) is 11.5 Å². The van der Waals surface area contributed by atoms with E-state index in [1.807, 2.05) is 35.2 Å². The van der Waals surface area contributed by atoms with Crippen molar-refractivity contribution in [2.24, 2.45) is 5.92 Å². The molecule has 172 valence electrons. The van der Waals surface area contributed by atoms with Crippen LogP contribution in [0.1, 0.15) is 38.7 Å². The molecule has 1 saturated heterocycles. The van der Waals surface area contributed by atoms with E-state index in [1.165, 1.54) is 5.56 Å². The Morgan fingerprint density at radius 2 is 1.75 bits per heavy atom. The van der Waals surface area contributed by atoms with Gasteiger partial charge in [0.05, 0.1) is 7.11 Å². The molecule has 0 spiro atoms. The molecule has 0 aromatic heterocycles. The van der Waals surface area contributed by atoms with Gasteiger partial charge in [-0.2, -0.15) is 0 Å². The number of amides is 1. The van der Waals surface area contributed by atoms with E-state index >= 15 is 0 Å². The number of likely N-dealkylation sites (tertiary alicyclic amines) is 1. The van der Waals surface area contributed by atoms with Gasteiger partial charge in [-0.3, -0.25) is 9.69 Å². The maximum Gasteiger partial charge on any atom is 0.227 e. The van der Waals surface area contributed by atoms with Gasteiger partial charge in [0.2, 0.25) is 5.91 Å². The zero-order chi connectivity index (χ0) is 22.5. The molecule has 0 atom stereocenters. The van der Waals surface area contributed by atoms with E-state index in [0.29, 0.717) is 25.6 Å². The average Bonchev–Trinajstić information content (AvgIpc) is 2.80. The molecule has 1 amide bonds. The van der Waals surface area contributed by atoms with Gasteiger partial charge >= 0.3 is 0 Å². The number of piperidine rings is 1. The molecule has 0 N–H and O–H groups in total. The standard InChI is InChI=1S/C26H34N2O4/c1-19(2)16-26(29)28(21-5-7-23(30-3)8-6-21)22-10-12-27(13-11-22)18-20-4-9-24-25(17-20)32-15-14-31-24/h4-9,17,19,22H,10-16,18H2,1-3H3. The highest BCUT2D eigenvalue weighted by molar-refractivity contribution is 5.94. The fourth-order valence-electron chi connectivity index (χ4n) is 4.53. The molecule has 6 heteroatoms. The van der Waals surface area contributed by atoms with Gasteiger partial charge in [-0.15, -0.1) is 0 Å². The first-order chi connectivity index (χ1) is 15.5. The van der Waals surface area contributed by atoms with Crippen LogP contribution in [0.25, 0.3) is 0 Å². The molecule has 32 heavy (non-hydrogen) atoms. The summed E-state index contributed by atoms with van der Waals surface area (Å²) in [5, 5.41) is 0. The minimum absolute atomic E-state index is 0.204. The lowest BCUT2D eigenvalue weighted by atomic mass is 9.99. The summed E-state index contributed by atoms with van der Waals surface area (Å²) in [7, 11) is 1.66. The van der Waals surface area contributed by atoms with Crippen LogP contribution in [0.4, 0.5) is 5.69 Å². The van der Waals surface area contributed by atoms with E-state index in [2.05, 4.69) is 30.9 Å². The summed E-state index contributed by atoms with van der Waals surface area (Å²) < 4.78 is 16.7. The second kappa shape index (κ2) is 10.3.